The number of fused-ring (bicyclic) bond motifs is 1. The molecule has 1 aromatic rings. The highest BCUT2D eigenvalue weighted by molar-refractivity contribution is 7.92. The molecule has 6 heteroatoms. The first-order valence-electron chi connectivity index (χ1n) is 5.45. The second-order valence-electron chi connectivity index (χ2n) is 4.51. The summed E-state index contributed by atoms with van der Waals surface area (Å²) >= 11 is 0. The molecule has 0 unspecified atom stereocenters. The first kappa shape index (κ1) is 11.6. The van der Waals surface area contributed by atoms with Gasteiger partial charge in [-0.05, 0) is 20.8 Å². The van der Waals surface area contributed by atoms with Gasteiger partial charge in [0, 0.05) is 12.6 Å². The number of rotatable bonds is 2. The molecule has 1 aliphatic rings. The minimum atomic E-state index is -3.22. The van der Waals surface area contributed by atoms with Crippen LogP contribution in [0.15, 0.2) is 11.1 Å². The molecule has 0 bridgehead atoms. The van der Waals surface area contributed by atoms with Crippen LogP contribution in [-0.2, 0) is 22.9 Å². The van der Waals surface area contributed by atoms with E-state index in [1.165, 1.54) is 6.20 Å². The van der Waals surface area contributed by atoms with Crippen molar-refractivity contribution in [2.24, 2.45) is 0 Å². The Kier molecular flexibility index (Phi) is 2.79. The molecule has 1 aliphatic heterocycles. The summed E-state index contributed by atoms with van der Waals surface area (Å²) in [5.41, 5.74) is 0.784. The fourth-order valence-electron chi connectivity index (χ4n) is 1.82. The van der Waals surface area contributed by atoms with Crippen molar-refractivity contribution in [3.63, 3.8) is 0 Å². The van der Waals surface area contributed by atoms with Gasteiger partial charge in [0.05, 0.1) is 23.7 Å². The van der Waals surface area contributed by atoms with Crippen LogP contribution in [-0.4, -0.2) is 29.5 Å². The molecule has 0 saturated carbocycles. The maximum atomic E-state index is 12.1. The minimum Gasteiger partial charge on any atom is -0.307 e. The monoisotopic (exact) mass is 243 g/mol. The summed E-state index contributed by atoms with van der Waals surface area (Å²) in [4.78, 5) is 0.377. The largest absolute Gasteiger partial charge is 0.307 e. The van der Waals surface area contributed by atoms with E-state index in [0.29, 0.717) is 17.5 Å². The molecule has 0 fully saturated rings. The van der Waals surface area contributed by atoms with Crippen LogP contribution in [0.2, 0.25) is 0 Å². The average Bonchev–Trinajstić information content (AvgIpc) is 2.60. The summed E-state index contributed by atoms with van der Waals surface area (Å²) in [5, 5.41) is 7.00. The number of sulfone groups is 1. The van der Waals surface area contributed by atoms with E-state index in [1.54, 1.807) is 18.5 Å². The van der Waals surface area contributed by atoms with Crippen molar-refractivity contribution >= 4 is 9.84 Å². The number of hydrogen-bond acceptors (Lipinski definition) is 4. The van der Waals surface area contributed by atoms with Gasteiger partial charge in [0.1, 0.15) is 4.90 Å². The van der Waals surface area contributed by atoms with Crippen LogP contribution in [0.5, 0.6) is 0 Å². The van der Waals surface area contributed by atoms with Crippen LogP contribution in [0, 0.1) is 0 Å². The zero-order valence-corrected chi connectivity index (χ0v) is 10.6. The highest BCUT2D eigenvalue weighted by Crippen LogP contribution is 2.22. The fourth-order valence-corrected chi connectivity index (χ4v) is 3.02. The molecule has 1 aromatic heterocycles. The molecule has 1 N–H and O–H groups in total. The SMILES string of the molecule is CC(C)S(=O)(=O)c1cnn2c1CN[C@@H](C)C2. The summed E-state index contributed by atoms with van der Waals surface area (Å²) in [6.07, 6.45) is 1.48. The third-order valence-corrected chi connectivity index (χ3v) is 5.10. The highest BCUT2D eigenvalue weighted by Gasteiger charge is 2.28. The number of nitrogens with one attached hydrogen (secondary N) is 1. The zero-order chi connectivity index (χ0) is 11.9. The Morgan fingerprint density at radius 3 is 2.88 bits per heavy atom. The van der Waals surface area contributed by atoms with Crippen molar-refractivity contribution in [1.29, 1.82) is 0 Å². The van der Waals surface area contributed by atoms with E-state index < -0.39 is 15.1 Å². The quantitative estimate of drug-likeness (QED) is 0.824. The van der Waals surface area contributed by atoms with Crippen molar-refractivity contribution in [3.05, 3.63) is 11.9 Å². The zero-order valence-electron chi connectivity index (χ0n) is 9.77. The molecule has 5 nitrogen and oxygen atoms in total. The molecular formula is C10H17N3O2S. The van der Waals surface area contributed by atoms with Gasteiger partial charge < -0.3 is 5.32 Å². The summed E-state index contributed by atoms with van der Waals surface area (Å²) in [7, 11) is -3.22. The fraction of sp³-hybridized carbons (Fsp3) is 0.700. The average molecular weight is 243 g/mol. The van der Waals surface area contributed by atoms with Crippen molar-refractivity contribution in [2.75, 3.05) is 0 Å². The number of nitrogens with zero attached hydrogens (tertiary/aromatic N) is 2. The van der Waals surface area contributed by atoms with Gasteiger partial charge in [0.2, 0.25) is 0 Å². The predicted octanol–water partition coefficient (Wildman–Crippen LogP) is 0.557. The highest BCUT2D eigenvalue weighted by atomic mass is 32.2. The summed E-state index contributed by atoms with van der Waals surface area (Å²) in [5.74, 6) is 0. The summed E-state index contributed by atoms with van der Waals surface area (Å²) in [6, 6.07) is 0.335. The summed E-state index contributed by atoms with van der Waals surface area (Å²) in [6.45, 7) is 6.74. The maximum absolute atomic E-state index is 12.1. The molecule has 0 aliphatic carbocycles. The van der Waals surface area contributed by atoms with E-state index in [2.05, 4.69) is 17.3 Å². The molecule has 0 aromatic carbocycles. The summed E-state index contributed by atoms with van der Waals surface area (Å²) < 4.78 is 25.9. The van der Waals surface area contributed by atoms with Gasteiger partial charge in [-0.2, -0.15) is 5.10 Å². The van der Waals surface area contributed by atoms with E-state index >= 15 is 0 Å². The van der Waals surface area contributed by atoms with Gasteiger partial charge in [-0.15, -0.1) is 0 Å². The Morgan fingerprint density at radius 2 is 2.25 bits per heavy atom. The van der Waals surface area contributed by atoms with Crippen molar-refractivity contribution < 1.29 is 8.42 Å². The van der Waals surface area contributed by atoms with Crippen molar-refractivity contribution in [1.82, 2.24) is 15.1 Å². The lowest BCUT2D eigenvalue weighted by Crippen LogP contribution is -2.37. The van der Waals surface area contributed by atoms with Crippen LogP contribution < -0.4 is 5.32 Å². The van der Waals surface area contributed by atoms with E-state index in [0.717, 1.165) is 12.2 Å². The maximum Gasteiger partial charge on any atom is 0.184 e. The van der Waals surface area contributed by atoms with Crippen molar-refractivity contribution in [3.8, 4) is 0 Å². The Morgan fingerprint density at radius 1 is 1.56 bits per heavy atom. The van der Waals surface area contributed by atoms with Gasteiger partial charge in [0.15, 0.2) is 9.84 Å². The molecule has 90 valence electrons. The topological polar surface area (TPSA) is 64.0 Å². The third-order valence-electron chi connectivity index (χ3n) is 2.90. The van der Waals surface area contributed by atoms with Gasteiger partial charge in [-0.1, -0.05) is 0 Å². The molecule has 0 saturated heterocycles. The molecule has 16 heavy (non-hydrogen) atoms. The van der Waals surface area contributed by atoms with Gasteiger partial charge >= 0.3 is 0 Å². The van der Waals surface area contributed by atoms with E-state index in [4.69, 9.17) is 0 Å². The number of hydrogen-bond donors (Lipinski definition) is 1. The second kappa shape index (κ2) is 3.85. The van der Waals surface area contributed by atoms with Crippen LogP contribution >= 0.6 is 0 Å². The normalized spacial score (nSPS) is 21.1. The Labute approximate surface area is 95.8 Å². The third kappa shape index (κ3) is 1.76. The Bertz CT molecular complexity index is 490. The molecular weight excluding hydrogens is 226 g/mol. The lowest BCUT2D eigenvalue weighted by atomic mass is 10.2. The molecule has 0 amide bonds. The standard InChI is InChI=1S/C10H17N3O2S/c1-7(2)16(14,15)10-5-12-13-6-8(3)11-4-9(10)13/h5,7-8,11H,4,6H2,1-3H3/t8-/m0/s1. The first-order chi connectivity index (χ1) is 7.43. The van der Waals surface area contributed by atoms with E-state index in [9.17, 15) is 8.42 Å². The molecule has 1 atom stereocenters. The van der Waals surface area contributed by atoms with Gasteiger partial charge in [0.25, 0.3) is 0 Å². The first-order valence-corrected chi connectivity index (χ1v) is 6.99. The minimum absolute atomic E-state index is 0.335. The van der Waals surface area contributed by atoms with E-state index in [1.807, 2.05) is 0 Å². The Balaban J connectivity index is 2.46. The second-order valence-corrected chi connectivity index (χ2v) is 6.99. The van der Waals surface area contributed by atoms with Crippen LogP contribution in [0.4, 0.5) is 0 Å². The van der Waals surface area contributed by atoms with Crippen LogP contribution in [0.1, 0.15) is 26.5 Å². The molecule has 0 radical (unpaired) electrons. The van der Waals surface area contributed by atoms with Crippen molar-refractivity contribution in [2.45, 2.75) is 50.0 Å². The lowest BCUT2D eigenvalue weighted by molar-refractivity contribution is 0.385. The number of aromatic nitrogens is 2. The Hall–Kier alpha value is -0.880. The molecule has 2 rings (SSSR count). The predicted molar refractivity (Wildman–Crippen MR) is 60.9 cm³/mol. The van der Waals surface area contributed by atoms with Crippen LogP contribution in [0.25, 0.3) is 0 Å². The molecule has 0 spiro atoms. The van der Waals surface area contributed by atoms with Gasteiger partial charge in [-0.25, -0.2) is 8.42 Å². The lowest BCUT2D eigenvalue weighted by Gasteiger charge is -2.22. The van der Waals surface area contributed by atoms with Gasteiger partial charge in [-0.3, -0.25) is 4.68 Å². The van der Waals surface area contributed by atoms with E-state index in [-0.39, 0.29) is 0 Å². The molecule has 2 heterocycles. The van der Waals surface area contributed by atoms with Crippen LogP contribution in [0.3, 0.4) is 0 Å². The smallest absolute Gasteiger partial charge is 0.184 e.